The Labute approximate surface area is 347 Å². The molecule has 3 aliphatic rings. The van der Waals surface area contributed by atoms with E-state index in [1.54, 1.807) is 0 Å². The number of hydrogen-bond acceptors (Lipinski definition) is 2. The van der Waals surface area contributed by atoms with E-state index in [-0.39, 0.29) is 11.5 Å². The van der Waals surface area contributed by atoms with Crippen LogP contribution in [0.5, 0.6) is 0 Å². The predicted molar refractivity (Wildman–Crippen MR) is 250 cm³/mol. The second-order valence-electron chi connectivity index (χ2n) is 17.0. The van der Waals surface area contributed by atoms with Crippen LogP contribution in [0.25, 0.3) is 82.7 Å². The molecule has 0 saturated carbocycles. The third-order valence-electron chi connectivity index (χ3n) is 13.6. The zero-order valence-electron chi connectivity index (χ0n) is 33.5. The van der Waals surface area contributed by atoms with Gasteiger partial charge in [-0.1, -0.05) is 147 Å². The summed E-state index contributed by atoms with van der Waals surface area (Å²) >= 11 is 0. The summed E-state index contributed by atoms with van der Waals surface area (Å²) in [6.45, 7) is 4.74. The number of hydrogen-bond donors (Lipinski definition) is 0. The molecular weight excluding hydrogens is 731 g/mol. The van der Waals surface area contributed by atoms with Gasteiger partial charge in [0.1, 0.15) is 11.6 Å². The lowest BCUT2D eigenvalue weighted by molar-refractivity contribution is 0.510. The van der Waals surface area contributed by atoms with Gasteiger partial charge in [0.2, 0.25) is 0 Å². The van der Waals surface area contributed by atoms with Crippen molar-refractivity contribution in [3.63, 3.8) is 0 Å². The van der Waals surface area contributed by atoms with Crippen molar-refractivity contribution in [2.75, 3.05) is 4.90 Å². The van der Waals surface area contributed by atoms with Crippen molar-refractivity contribution >= 4 is 71.1 Å². The molecule has 0 fully saturated rings. The molecule has 60 heavy (non-hydrogen) atoms. The van der Waals surface area contributed by atoms with Crippen molar-refractivity contribution in [1.82, 2.24) is 18.7 Å². The van der Waals surface area contributed by atoms with Crippen molar-refractivity contribution in [1.29, 1.82) is 0 Å². The fraction of sp³-hybridized carbons (Fsp3) is 0.109. The molecule has 6 aromatic carbocycles. The topological polar surface area (TPSA) is 30.9 Å². The SMILES string of the molecule is CC1C=CC=C(N2c3c(ccc4c5ccccc5n(-c5cccc(-n6c7ccccc7c7ccc8c9ccccc9n(-c9ccccc9)c8c76)n5)c34)C3C=CC=CC32C)C1. The molecule has 5 heterocycles. The highest BCUT2D eigenvalue weighted by atomic mass is 15.3. The summed E-state index contributed by atoms with van der Waals surface area (Å²) in [5.74, 6) is 2.45. The number of pyridine rings is 1. The monoisotopic (exact) mass is 771 g/mol. The first-order chi connectivity index (χ1) is 29.6. The van der Waals surface area contributed by atoms with Crippen LogP contribution >= 0.6 is 0 Å². The minimum atomic E-state index is -0.246. The molecule has 3 atom stereocenters. The number of anilines is 1. The molecule has 0 amide bonds. The van der Waals surface area contributed by atoms with Gasteiger partial charge in [0, 0.05) is 49.6 Å². The quantitative estimate of drug-likeness (QED) is 0.178. The molecule has 3 unspecified atom stereocenters. The number of benzene rings is 6. The normalized spacial score (nSPS) is 19.7. The van der Waals surface area contributed by atoms with E-state index < -0.39 is 0 Å². The van der Waals surface area contributed by atoms with Crippen molar-refractivity contribution in [2.24, 2.45) is 5.92 Å². The number of nitrogens with zero attached hydrogens (tertiary/aromatic N) is 5. The Balaban J connectivity index is 1.13. The summed E-state index contributed by atoms with van der Waals surface area (Å²) < 4.78 is 7.29. The van der Waals surface area contributed by atoms with Crippen LogP contribution in [-0.4, -0.2) is 24.2 Å². The van der Waals surface area contributed by atoms with E-state index in [0.717, 1.165) is 40.3 Å². The van der Waals surface area contributed by atoms with Crippen molar-refractivity contribution in [2.45, 2.75) is 31.7 Å². The second-order valence-corrected chi connectivity index (χ2v) is 17.0. The highest BCUT2D eigenvalue weighted by Gasteiger charge is 2.49. The largest absolute Gasteiger partial charge is 0.333 e. The molecule has 5 nitrogen and oxygen atoms in total. The third-order valence-corrected chi connectivity index (χ3v) is 13.6. The molecule has 4 aromatic heterocycles. The highest BCUT2D eigenvalue weighted by molar-refractivity contribution is 6.24. The lowest BCUT2D eigenvalue weighted by Gasteiger charge is -2.41. The zero-order valence-corrected chi connectivity index (χ0v) is 33.5. The third kappa shape index (κ3) is 4.44. The van der Waals surface area contributed by atoms with Crippen molar-refractivity contribution in [3.8, 4) is 17.3 Å². The smallest absolute Gasteiger partial charge is 0.140 e. The zero-order chi connectivity index (χ0) is 39.7. The minimum Gasteiger partial charge on any atom is -0.333 e. The summed E-state index contributed by atoms with van der Waals surface area (Å²) in [5, 5.41) is 7.33. The first-order valence-electron chi connectivity index (χ1n) is 21.2. The van der Waals surface area contributed by atoms with E-state index in [0.29, 0.717) is 5.92 Å². The summed E-state index contributed by atoms with van der Waals surface area (Å²) in [6, 6.07) is 53.1. The van der Waals surface area contributed by atoms with Crippen LogP contribution < -0.4 is 4.90 Å². The van der Waals surface area contributed by atoms with E-state index in [4.69, 9.17) is 4.98 Å². The highest BCUT2D eigenvalue weighted by Crippen LogP contribution is 2.57. The minimum absolute atomic E-state index is 0.214. The lowest BCUT2D eigenvalue weighted by atomic mass is 9.80. The molecule has 0 N–H and O–H groups in total. The first-order valence-corrected chi connectivity index (χ1v) is 21.2. The number of aromatic nitrogens is 4. The molecule has 10 aromatic rings. The Kier molecular flexibility index (Phi) is 6.90. The molecule has 0 saturated heterocycles. The van der Waals surface area contributed by atoms with Gasteiger partial charge in [-0.15, -0.1) is 0 Å². The maximum atomic E-state index is 5.75. The Morgan fingerprint density at radius 3 is 1.75 bits per heavy atom. The van der Waals surface area contributed by atoms with Crippen LogP contribution in [0.2, 0.25) is 0 Å². The van der Waals surface area contributed by atoms with Gasteiger partial charge in [-0.2, -0.15) is 0 Å². The average Bonchev–Trinajstić information content (AvgIpc) is 4.00. The van der Waals surface area contributed by atoms with E-state index in [1.165, 1.54) is 65.8 Å². The molecule has 0 radical (unpaired) electrons. The van der Waals surface area contributed by atoms with Gasteiger partial charge in [0.05, 0.1) is 44.3 Å². The maximum Gasteiger partial charge on any atom is 0.140 e. The molecule has 0 spiro atoms. The van der Waals surface area contributed by atoms with Gasteiger partial charge in [-0.05, 0) is 73.4 Å². The lowest BCUT2D eigenvalue weighted by Crippen LogP contribution is -2.45. The second kappa shape index (κ2) is 12.3. The summed E-state index contributed by atoms with van der Waals surface area (Å²) in [7, 11) is 0. The number of para-hydroxylation sites is 4. The molecule has 13 rings (SSSR count). The Bertz CT molecular complexity index is 3570. The van der Waals surface area contributed by atoms with Crippen LogP contribution in [0.3, 0.4) is 0 Å². The number of fused-ring (bicyclic) bond motifs is 14. The van der Waals surface area contributed by atoms with E-state index in [1.807, 2.05) is 0 Å². The maximum absolute atomic E-state index is 5.75. The summed E-state index contributed by atoms with van der Waals surface area (Å²) in [6.07, 6.45) is 17.2. The number of rotatable bonds is 4. The van der Waals surface area contributed by atoms with Gasteiger partial charge < -0.3 is 9.47 Å². The van der Waals surface area contributed by atoms with Crippen LogP contribution in [0.1, 0.15) is 31.7 Å². The van der Waals surface area contributed by atoms with Crippen LogP contribution in [0.15, 0.2) is 194 Å². The first kappa shape index (κ1) is 33.6. The van der Waals surface area contributed by atoms with Gasteiger partial charge >= 0.3 is 0 Å². The van der Waals surface area contributed by atoms with E-state index in [9.17, 15) is 0 Å². The molecular formula is C55H41N5. The van der Waals surface area contributed by atoms with Crippen LogP contribution in [-0.2, 0) is 0 Å². The van der Waals surface area contributed by atoms with Gasteiger partial charge in [0.15, 0.2) is 0 Å². The molecule has 1 aliphatic heterocycles. The van der Waals surface area contributed by atoms with Gasteiger partial charge in [-0.25, -0.2) is 4.98 Å². The Morgan fingerprint density at radius 1 is 0.517 bits per heavy atom. The Hall–Kier alpha value is -7.37. The van der Waals surface area contributed by atoms with Crippen molar-refractivity contribution < 1.29 is 0 Å². The fourth-order valence-electron chi connectivity index (χ4n) is 11.1. The van der Waals surface area contributed by atoms with Crippen molar-refractivity contribution in [3.05, 3.63) is 199 Å². The van der Waals surface area contributed by atoms with Gasteiger partial charge in [-0.3, -0.25) is 9.13 Å². The predicted octanol–water partition coefficient (Wildman–Crippen LogP) is 13.6. The standard InChI is InChI=1S/C55H41N5/c1-35-16-14-19-37(34-35)60-54-44(45-23-12-13-33-55(45,60)2)32-31-43-40-22-8-11-26-48(40)59(53(43)54)50-28-15-27-49(56-50)58-47-25-10-7-21-39(47)42-30-29-41-38-20-6-9-24-46(38)57(51(41)52(42)58)36-17-4-3-5-18-36/h3-33,35,45H,34H2,1-2H3. The molecule has 5 heteroatoms. The van der Waals surface area contributed by atoms with E-state index in [2.05, 4.69) is 221 Å². The summed E-state index contributed by atoms with van der Waals surface area (Å²) in [5.41, 5.74) is 11.9. The Morgan fingerprint density at radius 2 is 1.08 bits per heavy atom. The molecule has 0 bridgehead atoms. The molecule has 286 valence electrons. The van der Waals surface area contributed by atoms with E-state index >= 15 is 0 Å². The average molecular weight is 772 g/mol. The summed E-state index contributed by atoms with van der Waals surface area (Å²) in [4.78, 5) is 8.42. The fourth-order valence-corrected chi connectivity index (χ4v) is 11.1. The molecule has 2 aliphatic carbocycles. The van der Waals surface area contributed by atoms with Crippen LogP contribution in [0, 0.1) is 5.92 Å². The van der Waals surface area contributed by atoms with Gasteiger partial charge in [0.25, 0.3) is 0 Å². The van der Waals surface area contributed by atoms with Crippen LogP contribution in [0.4, 0.5) is 5.69 Å². The number of allylic oxidation sites excluding steroid dienone is 6.